The molecule has 15 heavy (non-hydrogen) atoms. The first-order valence-electron chi connectivity index (χ1n) is 5.88. The lowest BCUT2D eigenvalue weighted by molar-refractivity contribution is 0.283. The molecule has 0 aromatic heterocycles. The van der Waals surface area contributed by atoms with E-state index in [0.29, 0.717) is 0 Å². The predicted octanol–water partition coefficient (Wildman–Crippen LogP) is 0.575. The second-order valence-corrected chi connectivity index (χ2v) is 6.08. The highest BCUT2D eigenvalue weighted by molar-refractivity contribution is 7.99. The Labute approximate surface area is 98.6 Å². The van der Waals surface area contributed by atoms with Crippen LogP contribution in [0.15, 0.2) is 0 Å². The molecule has 1 aliphatic rings. The molecule has 4 heteroatoms. The molecule has 0 amide bonds. The van der Waals surface area contributed by atoms with Gasteiger partial charge in [0.1, 0.15) is 0 Å². The zero-order valence-electron chi connectivity index (χ0n) is 10.3. The van der Waals surface area contributed by atoms with E-state index in [9.17, 15) is 0 Å². The van der Waals surface area contributed by atoms with Crippen molar-refractivity contribution < 1.29 is 0 Å². The fourth-order valence-electron chi connectivity index (χ4n) is 1.76. The van der Waals surface area contributed by atoms with E-state index < -0.39 is 0 Å². The van der Waals surface area contributed by atoms with Gasteiger partial charge >= 0.3 is 0 Å². The summed E-state index contributed by atoms with van der Waals surface area (Å²) in [6.45, 7) is 9.43. The molecular weight excluding hydrogens is 206 g/mol. The highest BCUT2D eigenvalue weighted by atomic mass is 32.2. The van der Waals surface area contributed by atoms with E-state index in [2.05, 4.69) is 47.9 Å². The van der Waals surface area contributed by atoms with Gasteiger partial charge in [-0.15, -0.1) is 0 Å². The summed E-state index contributed by atoms with van der Waals surface area (Å²) in [6, 6.07) is 0. The highest BCUT2D eigenvalue weighted by Gasteiger charge is 2.15. The smallest absolute Gasteiger partial charge is 0.0147 e. The third kappa shape index (κ3) is 6.40. The standard InChI is InChI=1S/C11H25N3S/c1-11-10-14(8-9-15-11)7-5-12-4-6-13(2)3/h11-12H,4-10H2,1-3H3. The second-order valence-electron chi connectivity index (χ2n) is 4.54. The summed E-state index contributed by atoms with van der Waals surface area (Å²) in [7, 11) is 4.23. The molecule has 1 heterocycles. The minimum atomic E-state index is 0.820. The van der Waals surface area contributed by atoms with Crippen molar-refractivity contribution in [2.24, 2.45) is 0 Å². The van der Waals surface area contributed by atoms with E-state index in [1.807, 2.05) is 0 Å². The Morgan fingerprint density at radius 2 is 2.20 bits per heavy atom. The predicted molar refractivity (Wildman–Crippen MR) is 69.8 cm³/mol. The summed E-state index contributed by atoms with van der Waals surface area (Å²) in [6.07, 6.45) is 0. The van der Waals surface area contributed by atoms with Crippen LogP contribution in [0.1, 0.15) is 6.92 Å². The minimum absolute atomic E-state index is 0.820. The van der Waals surface area contributed by atoms with Gasteiger partial charge in [0.25, 0.3) is 0 Å². The molecule has 0 bridgehead atoms. The summed E-state index contributed by atoms with van der Waals surface area (Å²) < 4.78 is 0. The molecule has 0 radical (unpaired) electrons. The molecule has 0 aromatic rings. The normalized spacial score (nSPS) is 23.6. The lowest BCUT2D eigenvalue weighted by Crippen LogP contribution is -2.41. The molecular formula is C11H25N3S. The van der Waals surface area contributed by atoms with Crippen molar-refractivity contribution in [1.29, 1.82) is 0 Å². The maximum Gasteiger partial charge on any atom is 0.0147 e. The van der Waals surface area contributed by atoms with Crippen molar-refractivity contribution in [3.63, 3.8) is 0 Å². The van der Waals surface area contributed by atoms with Crippen LogP contribution in [0.3, 0.4) is 0 Å². The van der Waals surface area contributed by atoms with Gasteiger partial charge in [0.05, 0.1) is 0 Å². The van der Waals surface area contributed by atoms with Crippen LogP contribution in [-0.4, -0.2) is 74.2 Å². The van der Waals surface area contributed by atoms with Crippen LogP contribution in [-0.2, 0) is 0 Å². The molecule has 90 valence electrons. The number of nitrogens with one attached hydrogen (secondary N) is 1. The second kappa shape index (κ2) is 7.49. The molecule has 1 unspecified atom stereocenters. The zero-order valence-corrected chi connectivity index (χ0v) is 11.1. The third-order valence-corrected chi connectivity index (χ3v) is 3.80. The molecule has 1 aliphatic heterocycles. The van der Waals surface area contributed by atoms with Crippen molar-refractivity contribution in [1.82, 2.24) is 15.1 Å². The first kappa shape index (κ1) is 13.3. The fraction of sp³-hybridized carbons (Fsp3) is 1.00. The molecule has 0 aliphatic carbocycles. The maximum atomic E-state index is 3.49. The van der Waals surface area contributed by atoms with E-state index in [1.54, 1.807) is 0 Å². The quantitative estimate of drug-likeness (QED) is 0.674. The molecule has 3 nitrogen and oxygen atoms in total. The third-order valence-electron chi connectivity index (χ3n) is 2.67. The van der Waals surface area contributed by atoms with Gasteiger partial charge < -0.3 is 15.1 Å². The topological polar surface area (TPSA) is 18.5 Å². The van der Waals surface area contributed by atoms with Crippen LogP contribution >= 0.6 is 11.8 Å². The number of likely N-dealkylation sites (N-methyl/N-ethyl adjacent to an activating group) is 1. The summed E-state index contributed by atoms with van der Waals surface area (Å²) >= 11 is 2.10. The van der Waals surface area contributed by atoms with Crippen molar-refractivity contribution in [2.45, 2.75) is 12.2 Å². The van der Waals surface area contributed by atoms with Gasteiger partial charge in [-0.1, -0.05) is 6.92 Å². The number of thioether (sulfide) groups is 1. The van der Waals surface area contributed by atoms with Gasteiger partial charge in [0.2, 0.25) is 0 Å². The molecule has 1 saturated heterocycles. The Morgan fingerprint density at radius 3 is 2.87 bits per heavy atom. The van der Waals surface area contributed by atoms with Crippen LogP contribution in [0.5, 0.6) is 0 Å². The first-order valence-corrected chi connectivity index (χ1v) is 6.93. The number of nitrogens with zero attached hydrogens (tertiary/aromatic N) is 2. The minimum Gasteiger partial charge on any atom is -0.314 e. The van der Waals surface area contributed by atoms with Gasteiger partial charge in [-0.25, -0.2) is 0 Å². The Kier molecular flexibility index (Phi) is 6.64. The number of hydrogen-bond acceptors (Lipinski definition) is 4. The summed E-state index contributed by atoms with van der Waals surface area (Å²) in [4.78, 5) is 4.79. The monoisotopic (exact) mass is 231 g/mol. The first-order chi connectivity index (χ1) is 7.18. The van der Waals surface area contributed by atoms with E-state index in [-0.39, 0.29) is 0 Å². The lowest BCUT2D eigenvalue weighted by Gasteiger charge is -2.30. The van der Waals surface area contributed by atoms with Crippen LogP contribution in [0.4, 0.5) is 0 Å². The van der Waals surface area contributed by atoms with Crippen LogP contribution in [0.2, 0.25) is 0 Å². The Morgan fingerprint density at radius 1 is 1.40 bits per heavy atom. The molecule has 1 fully saturated rings. The summed E-state index contributed by atoms with van der Waals surface area (Å²) in [5, 5.41) is 4.31. The van der Waals surface area contributed by atoms with Crippen LogP contribution < -0.4 is 5.32 Å². The Balaban J connectivity index is 1.95. The van der Waals surface area contributed by atoms with E-state index in [1.165, 1.54) is 25.4 Å². The molecule has 1 atom stereocenters. The zero-order chi connectivity index (χ0) is 11.1. The van der Waals surface area contributed by atoms with Crippen molar-refractivity contribution in [2.75, 3.05) is 59.1 Å². The number of rotatable bonds is 6. The van der Waals surface area contributed by atoms with Crippen molar-refractivity contribution in [3.05, 3.63) is 0 Å². The van der Waals surface area contributed by atoms with E-state index >= 15 is 0 Å². The van der Waals surface area contributed by atoms with Crippen LogP contribution in [0.25, 0.3) is 0 Å². The average Bonchev–Trinajstić information content (AvgIpc) is 2.17. The van der Waals surface area contributed by atoms with Crippen molar-refractivity contribution in [3.8, 4) is 0 Å². The Hall–Kier alpha value is 0.230. The molecule has 0 spiro atoms. The van der Waals surface area contributed by atoms with Gasteiger partial charge in [0, 0.05) is 50.3 Å². The van der Waals surface area contributed by atoms with Gasteiger partial charge in [-0.2, -0.15) is 11.8 Å². The van der Waals surface area contributed by atoms with Crippen LogP contribution in [0, 0.1) is 0 Å². The molecule has 1 N–H and O–H groups in total. The number of hydrogen-bond donors (Lipinski definition) is 1. The SMILES string of the molecule is CC1CN(CCNCCN(C)C)CCS1. The maximum absolute atomic E-state index is 3.49. The molecule has 0 saturated carbocycles. The molecule has 1 rings (SSSR count). The van der Waals surface area contributed by atoms with Gasteiger partial charge in [-0.05, 0) is 14.1 Å². The van der Waals surface area contributed by atoms with Gasteiger partial charge in [-0.3, -0.25) is 0 Å². The fourth-order valence-corrected chi connectivity index (χ4v) is 2.84. The van der Waals surface area contributed by atoms with Crippen molar-refractivity contribution >= 4 is 11.8 Å². The lowest BCUT2D eigenvalue weighted by atomic mass is 10.3. The van der Waals surface area contributed by atoms with Gasteiger partial charge in [0.15, 0.2) is 0 Å². The highest BCUT2D eigenvalue weighted by Crippen LogP contribution is 2.16. The largest absolute Gasteiger partial charge is 0.314 e. The average molecular weight is 231 g/mol. The summed E-state index contributed by atoms with van der Waals surface area (Å²) in [5.41, 5.74) is 0. The molecule has 0 aromatic carbocycles. The Bertz CT molecular complexity index is 164. The summed E-state index contributed by atoms with van der Waals surface area (Å²) in [5.74, 6) is 1.30. The van der Waals surface area contributed by atoms with E-state index in [4.69, 9.17) is 0 Å². The van der Waals surface area contributed by atoms with E-state index in [0.717, 1.165) is 24.9 Å².